The Hall–Kier alpha value is -3.08. The average Bonchev–Trinajstić information content (AvgIpc) is 3.34. The zero-order chi connectivity index (χ0) is 33.6. The number of carbonyl (C=O) groups excluding carboxylic acids is 2. The number of nitrogens with two attached hydrogens (primary N) is 1. The van der Waals surface area contributed by atoms with Crippen molar-refractivity contribution in [2.24, 2.45) is 5.73 Å². The molecule has 1 saturated heterocycles. The van der Waals surface area contributed by atoms with Crippen LogP contribution in [0.25, 0.3) is 0 Å². The fourth-order valence-corrected chi connectivity index (χ4v) is 5.64. The lowest BCUT2D eigenvalue weighted by Crippen LogP contribution is -2.54. The Morgan fingerprint density at radius 2 is 1.61 bits per heavy atom. The van der Waals surface area contributed by atoms with Crippen LogP contribution < -0.4 is 22.3 Å². The number of H-pyrrole nitrogens is 1. The maximum Gasteiger partial charge on any atom is 0.330 e. The van der Waals surface area contributed by atoms with Gasteiger partial charge in [0.05, 0.1) is 0 Å². The van der Waals surface area contributed by atoms with Crippen LogP contribution in [0.5, 0.6) is 0 Å². The third-order valence-corrected chi connectivity index (χ3v) is 8.24. The predicted octanol–water partition coefficient (Wildman–Crippen LogP) is 0.460. The SMILES string of the molecule is CCCCCCCCCCCCCCNC(=O)C1=C[C@H](O)[C@H](O)[C@@H](O[C@@H](C(N)=O)[C@H]2O[C@@H](n3ccc(=O)[nH]c3=O)[C@H](O)[C@@H]2OC)O1. The first-order valence-electron chi connectivity index (χ1n) is 16.2. The van der Waals surface area contributed by atoms with Gasteiger partial charge in [-0.3, -0.25) is 23.9 Å². The van der Waals surface area contributed by atoms with Crippen LogP contribution in [0, 0.1) is 0 Å². The van der Waals surface area contributed by atoms with Gasteiger partial charge >= 0.3 is 5.69 Å². The Bertz CT molecular complexity index is 1250. The van der Waals surface area contributed by atoms with Crippen molar-refractivity contribution in [2.45, 2.75) is 133 Å². The Morgan fingerprint density at radius 1 is 1.00 bits per heavy atom. The molecule has 0 unspecified atom stereocenters. The van der Waals surface area contributed by atoms with Gasteiger partial charge in [0, 0.05) is 25.9 Å². The maximum atomic E-state index is 12.8. The van der Waals surface area contributed by atoms with Crippen LogP contribution in [0.1, 0.15) is 90.2 Å². The molecule has 3 heterocycles. The van der Waals surface area contributed by atoms with Crippen molar-refractivity contribution in [3.8, 4) is 0 Å². The highest BCUT2D eigenvalue weighted by Crippen LogP contribution is 2.34. The number of hydrogen-bond acceptors (Lipinski definition) is 11. The Balaban J connectivity index is 1.50. The van der Waals surface area contributed by atoms with Crippen molar-refractivity contribution in [3.05, 3.63) is 44.9 Å². The first-order chi connectivity index (χ1) is 22.1. The lowest BCUT2D eigenvalue weighted by atomic mass is 10.0. The number of aliphatic hydroxyl groups is 3. The number of carbonyl (C=O) groups is 2. The summed E-state index contributed by atoms with van der Waals surface area (Å²) in [6, 6.07) is 1.04. The maximum absolute atomic E-state index is 12.8. The number of amides is 2. The number of ether oxygens (including phenoxy) is 4. The number of aromatic nitrogens is 2. The van der Waals surface area contributed by atoms with Crippen LogP contribution in [0.15, 0.2) is 33.7 Å². The molecule has 0 aromatic carbocycles. The molecule has 0 saturated carbocycles. The lowest BCUT2D eigenvalue weighted by Gasteiger charge is -2.35. The number of nitrogens with zero attached hydrogens (tertiary/aromatic N) is 1. The minimum absolute atomic E-state index is 0.321. The molecule has 8 atom stereocenters. The van der Waals surface area contributed by atoms with E-state index in [0.29, 0.717) is 6.54 Å². The summed E-state index contributed by atoms with van der Waals surface area (Å²) in [6.45, 7) is 2.59. The first-order valence-corrected chi connectivity index (χ1v) is 16.2. The number of methoxy groups -OCH3 is 1. The van der Waals surface area contributed by atoms with E-state index in [2.05, 4.69) is 12.2 Å². The summed E-state index contributed by atoms with van der Waals surface area (Å²) in [5, 5.41) is 34.5. The highest BCUT2D eigenvalue weighted by Gasteiger charge is 2.52. The van der Waals surface area contributed by atoms with Gasteiger partial charge in [0.15, 0.2) is 18.1 Å². The number of aromatic amines is 1. The van der Waals surface area contributed by atoms with E-state index in [9.17, 15) is 34.5 Å². The molecule has 46 heavy (non-hydrogen) atoms. The zero-order valence-corrected chi connectivity index (χ0v) is 26.7. The largest absolute Gasteiger partial charge is 0.456 e. The molecule has 2 aliphatic rings. The lowest BCUT2D eigenvalue weighted by molar-refractivity contribution is -0.241. The van der Waals surface area contributed by atoms with Gasteiger partial charge in [-0.2, -0.15) is 0 Å². The highest BCUT2D eigenvalue weighted by atomic mass is 16.7. The second kappa shape index (κ2) is 18.9. The van der Waals surface area contributed by atoms with Crippen LogP contribution in [0.3, 0.4) is 0 Å². The second-order valence-electron chi connectivity index (χ2n) is 11.8. The fourth-order valence-electron chi connectivity index (χ4n) is 5.64. The number of primary amides is 1. The van der Waals surface area contributed by atoms with E-state index in [0.717, 1.165) is 48.6 Å². The van der Waals surface area contributed by atoms with Gasteiger partial charge in [-0.25, -0.2) is 4.79 Å². The Morgan fingerprint density at radius 3 is 2.17 bits per heavy atom. The summed E-state index contributed by atoms with van der Waals surface area (Å²) in [6.07, 6.45) is 3.91. The van der Waals surface area contributed by atoms with Crippen LogP contribution in [0.4, 0.5) is 0 Å². The van der Waals surface area contributed by atoms with Crippen molar-refractivity contribution in [3.63, 3.8) is 0 Å². The third-order valence-electron chi connectivity index (χ3n) is 8.24. The number of unbranched alkanes of at least 4 members (excludes halogenated alkanes) is 11. The molecule has 3 rings (SSSR count). The van der Waals surface area contributed by atoms with E-state index in [-0.39, 0.29) is 5.76 Å². The average molecular weight is 655 g/mol. The first kappa shape index (κ1) is 37.4. The molecule has 15 heteroatoms. The molecule has 0 aliphatic carbocycles. The fraction of sp³-hybridized carbons (Fsp3) is 0.742. The topological polar surface area (TPSA) is 225 Å². The minimum Gasteiger partial charge on any atom is -0.456 e. The van der Waals surface area contributed by atoms with Crippen molar-refractivity contribution in [2.75, 3.05) is 13.7 Å². The van der Waals surface area contributed by atoms with Crippen molar-refractivity contribution in [1.82, 2.24) is 14.9 Å². The smallest absolute Gasteiger partial charge is 0.330 e. The monoisotopic (exact) mass is 654 g/mol. The van der Waals surface area contributed by atoms with Gasteiger partial charge in [-0.1, -0.05) is 77.6 Å². The van der Waals surface area contributed by atoms with Crippen molar-refractivity contribution in [1.29, 1.82) is 0 Å². The molecular formula is C31H50N4O11. The van der Waals surface area contributed by atoms with E-state index in [1.807, 2.05) is 4.98 Å². The van der Waals surface area contributed by atoms with Crippen LogP contribution in [-0.4, -0.2) is 93.3 Å². The molecule has 260 valence electrons. The molecule has 1 aromatic rings. The van der Waals surface area contributed by atoms with E-state index in [4.69, 9.17) is 24.7 Å². The molecule has 15 nitrogen and oxygen atoms in total. The van der Waals surface area contributed by atoms with Gasteiger partial charge in [-0.15, -0.1) is 0 Å². The third kappa shape index (κ3) is 10.5. The van der Waals surface area contributed by atoms with Gasteiger partial charge in [0.2, 0.25) is 12.2 Å². The van der Waals surface area contributed by atoms with Crippen LogP contribution in [-0.2, 0) is 28.5 Å². The molecule has 2 aliphatic heterocycles. The molecule has 0 radical (unpaired) electrons. The molecule has 7 N–H and O–H groups in total. The zero-order valence-electron chi connectivity index (χ0n) is 26.7. The molecule has 0 spiro atoms. The number of hydrogen-bond donors (Lipinski definition) is 6. The van der Waals surface area contributed by atoms with E-state index >= 15 is 0 Å². The summed E-state index contributed by atoms with van der Waals surface area (Å²) in [5.74, 6) is -2.07. The predicted molar refractivity (Wildman–Crippen MR) is 165 cm³/mol. The van der Waals surface area contributed by atoms with E-state index < -0.39 is 72.2 Å². The van der Waals surface area contributed by atoms with Gasteiger partial charge in [0.1, 0.15) is 30.5 Å². The normalized spacial score (nSPS) is 26.7. The van der Waals surface area contributed by atoms with E-state index in [1.165, 1.54) is 58.5 Å². The number of nitrogens with one attached hydrogen (secondary N) is 2. The Labute approximate surface area is 268 Å². The van der Waals surface area contributed by atoms with Gasteiger partial charge in [0.25, 0.3) is 11.5 Å². The molecular weight excluding hydrogens is 604 g/mol. The minimum atomic E-state index is -1.74. The van der Waals surface area contributed by atoms with Crippen molar-refractivity contribution < 1.29 is 43.9 Å². The van der Waals surface area contributed by atoms with Gasteiger partial charge in [-0.05, 0) is 12.5 Å². The van der Waals surface area contributed by atoms with Crippen LogP contribution >= 0.6 is 0 Å². The summed E-state index contributed by atoms with van der Waals surface area (Å²) in [4.78, 5) is 51.1. The molecule has 0 bridgehead atoms. The highest BCUT2D eigenvalue weighted by molar-refractivity contribution is 5.91. The standard InChI is InChI=1S/C31H50N4O11/c1-3-4-5-6-7-8-9-10-11-12-13-14-16-33-28(41)20-18-19(36)22(38)30(44-20)46-26(27(32)40)25-24(43-2)23(39)29(45-25)35-17-15-21(37)34-31(35)42/h15,17-19,22-26,29-30,36,38-39H,3-14,16H2,1-2H3,(H2,32,40)(H,33,41)(H,34,37,42)/t19-,22-,23+,24-,25-,26+,29+,30+/m0/s1. The molecule has 1 fully saturated rings. The van der Waals surface area contributed by atoms with Crippen LogP contribution in [0.2, 0.25) is 0 Å². The summed E-state index contributed by atoms with van der Waals surface area (Å²) in [7, 11) is 1.22. The van der Waals surface area contributed by atoms with Gasteiger partial charge < -0.3 is 45.3 Å². The summed E-state index contributed by atoms with van der Waals surface area (Å²) in [5.41, 5.74) is 4.02. The molecule has 1 aromatic heterocycles. The number of rotatable bonds is 20. The summed E-state index contributed by atoms with van der Waals surface area (Å²) < 4.78 is 23.1. The molecule has 2 amide bonds. The van der Waals surface area contributed by atoms with E-state index in [1.54, 1.807) is 0 Å². The quantitative estimate of drug-likeness (QED) is 0.106. The second-order valence-corrected chi connectivity index (χ2v) is 11.8. The van der Waals surface area contributed by atoms with Crippen molar-refractivity contribution >= 4 is 11.8 Å². The summed E-state index contributed by atoms with van der Waals surface area (Å²) >= 11 is 0. The Kier molecular flexibility index (Phi) is 15.4. The number of aliphatic hydroxyl groups excluding tert-OH is 3.